The van der Waals surface area contributed by atoms with E-state index in [4.69, 9.17) is 0 Å². The van der Waals surface area contributed by atoms with Crippen LogP contribution in [0.25, 0.3) is 16.7 Å². The molecular formula is C17H18BrN5O. The highest BCUT2D eigenvalue weighted by molar-refractivity contribution is 9.10. The maximum absolute atomic E-state index is 9.61. The van der Waals surface area contributed by atoms with Crippen LogP contribution in [0.15, 0.2) is 41.1 Å². The van der Waals surface area contributed by atoms with Gasteiger partial charge in [-0.3, -0.25) is 0 Å². The van der Waals surface area contributed by atoms with Crippen molar-refractivity contribution in [3.8, 4) is 5.82 Å². The van der Waals surface area contributed by atoms with Gasteiger partial charge in [0.15, 0.2) is 5.82 Å². The Morgan fingerprint density at radius 1 is 1.17 bits per heavy atom. The Labute approximate surface area is 148 Å². The number of aliphatic hydroxyl groups excluding tert-OH is 1. The monoisotopic (exact) mass is 387 g/mol. The molecule has 3 aromatic rings. The van der Waals surface area contributed by atoms with E-state index < -0.39 is 0 Å². The molecule has 124 valence electrons. The lowest BCUT2D eigenvalue weighted by atomic mass is 9.93. The molecule has 6 nitrogen and oxygen atoms in total. The summed E-state index contributed by atoms with van der Waals surface area (Å²) >= 11 is 3.55. The molecule has 1 aromatic carbocycles. The molecule has 0 amide bonds. The zero-order valence-electron chi connectivity index (χ0n) is 13.1. The van der Waals surface area contributed by atoms with E-state index in [-0.39, 0.29) is 6.10 Å². The molecule has 2 N–H and O–H groups in total. The number of nitrogens with one attached hydrogen (secondary N) is 1. The average molecular weight is 388 g/mol. The molecule has 1 aliphatic carbocycles. The minimum atomic E-state index is -0.163. The van der Waals surface area contributed by atoms with E-state index >= 15 is 0 Å². The van der Waals surface area contributed by atoms with Crippen molar-refractivity contribution >= 4 is 32.8 Å². The Balaban J connectivity index is 1.61. The van der Waals surface area contributed by atoms with Crippen LogP contribution in [0.5, 0.6) is 0 Å². The maximum Gasteiger partial charge on any atom is 0.224 e. The van der Waals surface area contributed by atoms with Crippen molar-refractivity contribution in [2.24, 2.45) is 0 Å². The topological polar surface area (TPSA) is 75.9 Å². The van der Waals surface area contributed by atoms with E-state index in [9.17, 15) is 5.11 Å². The molecular weight excluding hydrogens is 370 g/mol. The Hall–Kier alpha value is -1.99. The normalized spacial score (nSPS) is 21.1. The fraction of sp³-hybridized carbons (Fsp3) is 0.353. The minimum Gasteiger partial charge on any atom is -0.393 e. The van der Waals surface area contributed by atoms with Crippen molar-refractivity contribution in [3.05, 3.63) is 41.1 Å². The van der Waals surface area contributed by atoms with Gasteiger partial charge in [-0.25, -0.2) is 9.67 Å². The quantitative estimate of drug-likeness (QED) is 0.720. The second-order valence-corrected chi connectivity index (χ2v) is 6.97. The van der Waals surface area contributed by atoms with Crippen molar-refractivity contribution in [2.75, 3.05) is 5.32 Å². The summed E-state index contributed by atoms with van der Waals surface area (Å²) < 4.78 is 2.83. The Morgan fingerprint density at radius 3 is 2.83 bits per heavy atom. The van der Waals surface area contributed by atoms with Crippen LogP contribution in [0.4, 0.5) is 5.95 Å². The van der Waals surface area contributed by atoms with Crippen LogP contribution < -0.4 is 5.32 Å². The van der Waals surface area contributed by atoms with Crippen molar-refractivity contribution in [1.82, 2.24) is 19.7 Å². The lowest BCUT2D eigenvalue weighted by Gasteiger charge is -2.26. The number of hydrogen-bond donors (Lipinski definition) is 2. The van der Waals surface area contributed by atoms with Gasteiger partial charge in [0.2, 0.25) is 5.95 Å². The smallest absolute Gasteiger partial charge is 0.224 e. The Bertz CT molecular complexity index is 857. The summed E-state index contributed by atoms with van der Waals surface area (Å²) in [5, 5.41) is 18.5. The Kier molecular flexibility index (Phi) is 4.20. The number of rotatable bonds is 3. The summed E-state index contributed by atoms with van der Waals surface area (Å²) in [6, 6.07) is 8.16. The van der Waals surface area contributed by atoms with E-state index in [0.717, 1.165) is 46.9 Å². The number of fused-ring (bicyclic) bond motifs is 1. The molecule has 2 heterocycles. The second kappa shape index (κ2) is 6.49. The van der Waals surface area contributed by atoms with Crippen LogP contribution >= 0.6 is 15.9 Å². The highest BCUT2D eigenvalue weighted by Crippen LogP contribution is 2.25. The van der Waals surface area contributed by atoms with Crippen LogP contribution in [0, 0.1) is 0 Å². The summed E-state index contributed by atoms with van der Waals surface area (Å²) in [4.78, 5) is 8.93. The first kappa shape index (κ1) is 15.5. The molecule has 0 saturated heterocycles. The van der Waals surface area contributed by atoms with Crippen LogP contribution in [0.2, 0.25) is 0 Å². The van der Waals surface area contributed by atoms with Crippen LogP contribution in [0.1, 0.15) is 25.7 Å². The highest BCUT2D eigenvalue weighted by Gasteiger charge is 2.20. The van der Waals surface area contributed by atoms with Gasteiger partial charge in [0.05, 0.1) is 17.8 Å². The molecule has 7 heteroatoms. The van der Waals surface area contributed by atoms with Gasteiger partial charge in [-0.1, -0.05) is 22.0 Å². The number of halogens is 1. The molecule has 24 heavy (non-hydrogen) atoms. The fourth-order valence-corrected chi connectivity index (χ4v) is 3.60. The fourth-order valence-electron chi connectivity index (χ4n) is 3.14. The average Bonchev–Trinajstić information content (AvgIpc) is 3.03. The van der Waals surface area contributed by atoms with Gasteiger partial charge in [-0.15, -0.1) is 0 Å². The summed E-state index contributed by atoms with van der Waals surface area (Å²) in [6.45, 7) is 0. The minimum absolute atomic E-state index is 0.163. The summed E-state index contributed by atoms with van der Waals surface area (Å²) in [7, 11) is 0. The third kappa shape index (κ3) is 3.01. The molecule has 4 rings (SSSR count). The van der Waals surface area contributed by atoms with Crippen molar-refractivity contribution < 1.29 is 5.11 Å². The van der Waals surface area contributed by atoms with E-state index in [1.807, 2.05) is 35.1 Å². The van der Waals surface area contributed by atoms with Gasteiger partial charge in [-0.2, -0.15) is 10.1 Å². The third-order valence-corrected chi connectivity index (χ3v) is 5.14. The van der Waals surface area contributed by atoms with E-state index in [1.54, 1.807) is 6.20 Å². The molecule has 0 aliphatic heterocycles. The van der Waals surface area contributed by atoms with Crippen molar-refractivity contribution in [3.63, 3.8) is 0 Å². The standard InChI is InChI=1S/C17H18BrN5O/c18-14-2-1-3-15-13(14)10-20-23(15)16-8-9-19-17(22-16)21-11-4-6-12(24)7-5-11/h1-3,8-12,24H,4-7H2,(H,19,21,22). The predicted molar refractivity (Wildman–Crippen MR) is 96.2 cm³/mol. The van der Waals surface area contributed by atoms with Crippen molar-refractivity contribution in [1.29, 1.82) is 0 Å². The molecule has 0 spiro atoms. The summed E-state index contributed by atoms with van der Waals surface area (Å²) in [5.74, 6) is 1.34. The SMILES string of the molecule is OC1CCC(Nc2nccc(-n3ncc4c(Br)cccc43)n2)CC1. The second-order valence-electron chi connectivity index (χ2n) is 6.12. The van der Waals surface area contributed by atoms with Crippen LogP contribution in [0.3, 0.4) is 0 Å². The molecule has 1 fully saturated rings. The molecule has 0 bridgehead atoms. The number of aromatic nitrogens is 4. The first-order valence-electron chi connectivity index (χ1n) is 8.11. The number of nitrogens with zero attached hydrogens (tertiary/aromatic N) is 4. The summed E-state index contributed by atoms with van der Waals surface area (Å²) in [6.07, 6.45) is 6.94. The molecule has 1 saturated carbocycles. The number of benzene rings is 1. The van der Waals surface area contributed by atoms with Crippen molar-refractivity contribution in [2.45, 2.75) is 37.8 Å². The molecule has 0 radical (unpaired) electrons. The van der Waals surface area contributed by atoms with Crippen LogP contribution in [-0.4, -0.2) is 37.0 Å². The van der Waals surface area contributed by atoms with Crippen LogP contribution in [-0.2, 0) is 0 Å². The zero-order chi connectivity index (χ0) is 16.5. The molecule has 0 unspecified atom stereocenters. The largest absolute Gasteiger partial charge is 0.393 e. The first-order chi connectivity index (χ1) is 11.7. The number of hydrogen-bond acceptors (Lipinski definition) is 5. The molecule has 1 aliphatic rings. The zero-order valence-corrected chi connectivity index (χ0v) is 14.6. The van der Waals surface area contributed by atoms with Gasteiger partial charge in [-0.05, 0) is 37.8 Å². The predicted octanol–water partition coefficient (Wildman–Crippen LogP) is 3.29. The van der Waals surface area contributed by atoms with Gasteiger partial charge in [0.25, 0.3) is 0 Å². The van der Waals surface area contributed by atoms with Gasteiger partial charge in [0.1, 0.15) is 0 Å². The third-order valence-electron chi connectivity index (χ3n) is 4.45. The van der Waals surface area contributed by atoms with Gasteiger partial charge < -0.3 is 10.4 Å². The van der Waals surface area contributed by atoms with Gasteiger partial charge in [0, 0.05) is 28.2 Å². The Morgan fingerprint density at radius 2 is 2.00 bits per heavy atom. The number of anilines is 1. The molecule has 2 aromatic heterocycles. The highest BCUT2D eigenvalue weighted by atomic mass is 79.9. The lowest BCUT2D eigenvalue weighted by Crippen LogP contribution is -2.29. The number of aliphatic hydroxyl groups is 1. The maximum atomic E-state index is 9.61. The van der Waals surface area contributed by atoms with E-state index in [2.05, 4.69) is 36.3 Å². The molecule has 0 atom stereocenters. The van der Waals surface area contributed by atoms with Gasteiger partial charge >= 0.3 is 0 Å². The van der Waals surface area contributed by atoms with E-state index in [0.29, 0.717) is 12.0 Å². The first-order valence-corrected chi connectivity index (χ1v) is 8.90. The lowest BCUT2D eigenvalue weighted by molar-refractivity contribution is 0.126. The summed E-state index contributed by atoms with van der Waals surface area (Å²) in [5.41, 5.74) is 0.995. The van der Waals surface area contributed by atoms with E-state index in [1.165, 1.54) is 0 Å².